The molecule has 2 N–H and O–H groups in total. The fourth-order valence-corrected chi connectivity index (χ4v) is 4.34. The lowest BCUT2D eigenvalue weighted by molar-refractivity contribution is 0.168. The Morgan fingerprint density at radius 1 is 1.07 bits per heavy atom. The SMILES string of the molecule is CN1CCC(N)CC1Cc1c(OCc2ccc(Br)cc2)ccc2ccccc12. The highest BCUT2D eigenvalue weighted by Gasteiger charge is 2.25. The van der Waals surface area contributed by atoms with Crippen molar-refractivity contribution in [2.24, 2.45) is 5.73 Å². The maximum Gasteiger partial charge on any atom is 0.123 e. The molecule has 1 heterocycles. The van der Waals surface area contributed by atoms with Crippen LogP contribution in [0.15, 0.2) is 65.1 Å². The van der Waals surface area contributed by atoms with Gasteiger partial charge >= 0.3 is 0 Å². The molecule has 1 saturated heterocycles. The number of likely N-dealkylation sites (N-methyl/N-ethyl adjacent to an activating group) is 1. The summed E-state index contributed by atoms with van der Waals surface area (Å²) in [4.78, 5) is 2.45. The highest BCUT2D eigenvalue weighted by molar-refractivity contribution is 9.10. The van der Waals surface area contributed by atoms with Crippen molar-refractivity contribution in [1.29, 1.82) is 0 Å². The molecule has 3 aromatic rings. The largest absolute Gasteiger partial charge is 0.489 e. The van der Waals surface area contributed by atoms with E-state index in [4.69, 9.17) is 10.5 Å². The van der Waals surface area contributed by atoms with Gasteiger partial charge in [0.1, 0.15) is 12.4 Å². The van der Waals surface area contributed by atoms with Crippen LogP contribution >= 0.6 is 15.9 Å². The van der Waals surface area contributed by atoms with E-state index in [0.717, 1.165) is 36.0 Å². The van der Waals surface area contributed by atoms with Gasteiger partial charge in [-0.15, -0.1) is 0 Å². The Bertz CT molecular complexity index is 941. The zero-order chi connectivity index (χ0) is 19.5. The number of rotatable bonds is 5. The Balaban J connectivity index is 1.63. The maximum atomic E-state index is 6.31. The number of nitrogens with two attached hydrogens (primary N) is 1. The maximum absolute atomic E-state index is 6.31. The normalized spacial score (nSPS) is 20.4. The summed E-state index contributed by atoms with van der Waals surface area (Å²) >= 11 is 3.49. The first-order valence-corrected chi connectivity index (χ1v) is 10.7. The van der Waals surface area contributed by atoms with Crippen LogP contribution in [-0.2, 0) is 13.0 Å². The van der Waals surface area contributed by atoms with E-state index < -0.39 is 0 Å². The number of hydrogen-bond donors (Lipinski definition) is 1. The highest BCUT2D eigenvalue weighted by atomic mass is 79.9. The number of halogens is 1. The van der Waals surface area contributed by atoms with Gasteiger partial charge < -0.3 is 15.4 Å². The van der Waals surface area contributed by atoms with E-state index in [1.165, 1.54) is 21.9 Å². The van der Waals surface area contributed by atoms with E-state index in [2.05, 4.69) is 88.5 Å². The van der Waals surface area contributed by atoms with Crippen LogP contribution in [-0.4, -0.2) is 30.6 Å². The number of likely N-dealkylation sites (tertiary alicyclic amines) is 1. The predicted octanol–water partition coefficient (Wildman–Crippen LogP) is 5.15. The average Bonchev–Trinajstić information content (AvgIpc) is 2.71. The van der Waals surface area contributed by atoms with Gasteiger partial charge in [-0.25, -0.2) is 0 Å². The molecule has 1 aliphatic heterocycles. The third kappa shape index (κ3) is 4.40. The second-order valence-corrected chi connectivity index (χ2v) is 8.72. The van der Waals surface area contributed by atoms with Gasteiger partial charge in [-0.3, -0.25) is 0 Å². The number of nitrogens with zero attached hydrogens (tertiary/aromatic N) is 1. The van der Waals surface area contributed by atoms with Crippen molar-refractivity contribution in [3.63, 3.8) is 0 Å². The molecule has 0 aromatic heterocycles. The van der Waals surface area contributed by atoms with Crippen LogP contribution in [0.4, 0.5) is 0 Å². The molecule has 0 radical (unpaired) electrons. The molecule has 0 bridgehead atoms. The zero-order valence-corrected chi connectivity index (χ0v) is 17.9. The van der Waals surface area contributed by atoms with E-state index in [0.29, 0.717) is 18.7 Å². The minimum atomic E-state index is 0.295. The molecule has 0 amide bonds. The molecule has 0 saturated carbocycles. The van der Waals surface area contributed by atoms with E-state index in [9.17, 15) is 0 Å². The van der Waals surface area contributed by atoms with Crippen LogP contribution in [0.25, 0.3) is 10.8 Å². The summed E-state index contributed by atoms with van der Waals surface area (Å²) in [5.74, 6) is 0.981. The minimum Gasteiger partial charge on any atom is -0.489 e. The van der Waals surface area contributed by atoms with Crippen molar-refractivity contribution in [1.82, 2.24) is 4.90 Å². The Labute approximate surface area is 175 Å². The topological polar surface area (TPSA) is 38.5 Å². The third-order valence-electron chi connectivity index (χ3n) is 5.80. The fraction of sp³-hybridized carbons (Fsp3) is 0.333. The van der Waals surface area contributed by atoms with Crippen LogP contribution in [0.5, 0.6) is 5.75 Å². The second kappa shape index (κ2) is 8.64. The van der Waals surface area contributed by atoms with Crippen LogP contribution < -0.4 is 10.5 Å². The molecular formula is C24H27BrN2O. The minimum absolute atomic E-state index is 0.295. The molecule has 2 atom stereocenters. The number of piperidine rings is 1. The summed E-state index contributed by atoms with van der Waals surface area (Å²) in [6.45, 7) is 1.63. The molecule has 1 aliphatic rings. The molecule has 3 nitrogen and oxygen atoms in total. The number of fused-ring (bicyclic) bond motifs is 1. The zero-order valence-electron chi connectivity index (χ0n) is 16.3. The summed E-state index contributed by atoms with van der Waals surface area (Å²) < 4.78 is 7.39. The molecule has 3 aromatic carbocycles. The number of ether oxygens (including phenoxy) is 1. The third-order valence-corrected chi connectivity index (χ3v) is 6.32. The Hall–Kier alpha value is -1.88. The van der Waals surface area contributed by atoms with Crippen LogP contribution in [0.3, 0.4) is 0 Å². The van der Waals surface area contributed by atoms with Crippen LogP contribution in [0, 0.1) is 0 Å². The molecule has 1 fully saturated rings. The Kier molecular flexibility index (Phi) is 6.00. The van der Waals surface area contributed by atoms with Crippen molar-refractivity contribution in [3.05, 3.63) is 76.3 Å². The molecule has 4 rings (SSSR count). The monoisotopic (exact) mass is 438 g/mol. The summed E-state index contributed by atoms with van der Waals surface area (Å²) in [7, 11) is 2.21. The molecule has 146 valence electrons. The summed E-state index contributed by atoms with van der Waals surface area (Å²) in [6, 6.07) is 21.9. The Morgan fingerprint density at radius 3 is 2.68 bits per heavy atom. The summed E-state index contributed by atoms with van der Waals surface area (Å²) in [6.07, 6.45) is 3.07. The number of hydrogen-bond acceptors (Lipinski definition) is 3. The molecule has 4 heteroatoms. The lowest BCUT2D eigenvalue weighted by Gasteiger charge is -2.36. The van der Waals surface area contributed by atoms with Crippen molar-refractivity contribution in [2.45, 2.75) is 38.0 Å². The van der Waals surface area contributed by atoms with E-state index in [-0.39, 0.29) is 0 Å². The average molecular weight is 439 g/mol. The first-order valence-electron chi connectivity index (χ1n) is 9.94. The first-order chi connectivity index (χ1) is 13.6. The van der Waals surface area contributed by atoms with Gasteiger partial charge in [0.15, 0.2) is 0 Å². The van der Waals surface area contributed by atoms with Crippen molar-refractivity contribution < 1.29 is 4.74 Å². The van der Waals surface area contributed by atoms with Gasteiger partial charge in [0.25, 0.3) is 0 Å². The van der Waals surface area contributed by atoms with Gasteiger partial charge in [-0.1, -0.05) is 58.4 Å². The quantitative estimate of drug-likeness (QED) is 0.598. The van der Waals surface area contributed by atoms with E-state index >= 15 is 0 Å². The van der Waals surface area contributed by atoms with E-state index in [1.54, 1.807) is 0 Å². The lowest BCUT2D eigenvalue weighted by atomic mass is 9.90. The van der Waals surface area contributed by atoms with E-state index in [1.807, 2.05) is 0 Å². The molecule has 0 aliphatic carbocycles. The standard InChI is InChI=1S/C24H27BrN2O/c1-27-13-12-20(26)14-21(27)15-23-22-5-3-2-4-18(22)8-11-24(23)28-16-17-6-9-19(25)10-7-17/h2-11,20-21H,12-16,26H2,1H3. The van der Waals surface area contributed by atoms with Crippen molar-refractivity contribution in [3.8, 4) is 5.75 Å². The second-order valence-electron chi connectivity index (χ2n) is 7.80. The van der Waals surface area contributed by atoms with Crippen molar-refractivity contribution >= 4 is 26.7 Å². The highest BCUT2D eigenvalue weighted by Crippen LogP contribution is 2.32. The summed E-state index contributed by atoms with van der Waals surface area (Å²) in [5.41, 5.74) is 8.74. The Morgan fingerprint density at radius 2 is 1.86 bits per heavy atom. The van der Waals surface area contributed by atoms with Crippen LogP contribution in [0.2, 0.25) is 0 Å². The van der Waals surface area contributed by atoms with Gasteiger partial charge in [0.05, 0.1) is 0 Å². The first kappa shape index (κ1) is 19.4. The molecule has 0 spiro atoms. The van der Waals surface area contributed by atoms with Crippen LogP contribution in [0.1, 0.15) is 24.0 Å². The number of benzene rings is 3. The summed E-state index contributed by atoms with van der Waals surface area (Å²) in [5, 5.41) is 2.54. The van der Waals surface area contributed by atoms with Gasteiger partial charge in [-0.2, -0.15) is 0 Å². The molecule has 2 unspecified atom stereocenters. The van der Waals surface area contributed by atoms with Gasteiger partial charge in [0.2, 0.25) is 0 Å². The fourth-order valence-electron chi connectivity index (χ4n) is 4.08. The smallest absolute Gasteiger partial charge is 0.123 e. The lowest BCUT2D eigenvalue weighted by Crippen LogP contribution is -2.45. The molecular weight excluding hydrogens is 412 g/mol. The van der Waals surface area contributed by atoms with Crippen molar-refractivity contribution in [2.75, 3.05) is 13.6 Å². The van der Waals surface area contributed by atoms with Gasteiger partial charge in [-0.05, 0) is 67.4 Å². The molecule has 28 heavy (non-hydrogen) atoms. The predicted molar refractivity (Wildman–Crippen MR) is 120 cm³/mol. The van der Waals surface area contributed by atoms with Gasteiger partial charge in [0, 0.05) is 22.1 Å².